The minimum atomic E-state index is 0.00686. The first-order valence-corrected chi connectivity index (χ1v) is 7.02. The maximum atomic E-state index is 12.4. The minimum Gasteiger partial charge on any atom is -0.394 e. The van der Waals surface area contributed by atoms with Gasteiger partial charge in [-0.3, -0.25) is 4.79 Å². The first-order chi connectivity index (χ1) is 8.22. The van der Waals surface area contributed by atoms with E-state index in [1.165, 1.54) is 11.3 Å². The summed E-state index contributed by atoms with van der Waals surface area (Å²) in [7, 11) is 0. The third kappa shape index (κ3) is 2.87. The molecule has 4 heteroatoms. The highest BCUT2D eigenvalue weighted by atomic mass is 32.1. The molecule has 0 bridgehead atoms. The molecule has 1 saturated heterocycles. The Kier molecular flexibility index (Phi) is 4.18. The first kappa shape index (κ1) is 12.6. The third-order valence-corrected chi connectivity index (χ3v) is 4.29. The molecule has 1 amide bonds. The Hall–Kier alpha value is -0.870. The van der Waals surface area contributed by atoms with E-state index < -0.39 is 0 Å². The standard InChI is InChI=1S/C13H19NO2S/c1-10-6-7-12(17-10)13(16)14-8-4-2-3-5-11(14)9-15/h6-7,11,15H,2-5,8-9H2,1H3. The van der Waals surface area contributed by atoms with Gasteiger partial charge < -0.3 is 10.0 Å². The number of rotatable bonds is 2. The van der Waals surface area contributed by atoms with E-state index >= 15 is 0 Å². The van der Waals surface area contributed by atoms with Crippen molar-refractivity contribution in [2.75, 3.05) is 13.2 Å². The highest BCUT2D eigenvalue weighted by Crippen LogP contribution is 2.22. The number of likely N-dealkylation sites (tertiary alicyclic amines) is 1. The number of amides is 1. The number of nitrogens with zero attached hydrogens (tertiary/aromatic N) is 1. The molecule has 2 heterocycles. The second kappa shape index (κ2) is 5.65. The predicted molar refractivity (Wildman–Crippen MR) is 69.4 cm³/mol. The van der Waals surface area contributed by atoms with E-state index in [0.717, 1.165) is 42.0 Å². The van der Waals surface area contributed by atoms with Crippen molar-refractivity contribution in [1.29, 1.82) is 0 Å². The lowest BCUT2D eigenvalue weighted by molar-refractivity contribution is 0.0604. The number of aliphatic hydroxyl groups is 1. The van der Waals surface area contributed by atoms with Gasteiger partial charge in [-0.05, 0) is 31.9 Å². The normalized spacial score (nSPS) is 21.3. The van der Waals surface area contributed by atoms with Gasteiger partial charge in [0.05, 0.1) is 17.5 Å². The zero-order chi connectivity index (χ0) is 12.3. The van der Waals surface area contributed by atoms with E-state index in [1.54, 1.807) is 0 Å². The van der Waals surface area contributed by atoms with Crippen LogP contribution in [0, 0.1) is 6.92 Å². The molecule has 1 unspecified atom stereocenters. The molecular formula is C13H19NO2S. The van der Waals surface area contributed by atoms with Crippen molar-refractivity contribution >= 4 is 17.2 Å². The van der Waals surface area contributed by atoms with Gasteiger partial charge in [-0.1, -0.05) is 12.8 Å². The Morgan fingerprint density at radius 3 is 2.94 bits per heavy atom. The highest BCUT2D eigenvalue weighted by molar-refractivity contribution is 7.13. The zero-order valence-corrected chi connectivity index (χ0v) is 11.0. The van der Waals surface area contributed by atoms with Gasteiger partial charge in [-0.2, -0.15) is 0 Å². The van der Waals surface area contributed by atoms with Crippen LogP contribution in [-0.4, -0.2) is 35.1 Å². The molecule has 1 aliphatic rings. The summed E-state index contributed by atoms with van der Waals surface area (Å²) >= 11 is 1.54. The Bertz CT molecular complexity index is 389. The smallest absolute Gasteiger partial charge is 0.264 e. The Morgan fingerprint density at radius 2 is 2.29 bits per heavy atom. The maximum Gasteiger partial charge on any atom is 0.264 e. The van der Waals surface area contributed by atoms with E-state index in [-0.39, 0.29) is 18.6 Å². The predicted octanol–water partition coefficient (Wildman–Crippen LogP) is 2.43. The number of carbonyl (C=O) groups is 1. The molecule has 1 atom stereocenters. The van der Waals surface area contributed by atoms with E-state index in [0.29, 0.717) is 0 Å². The van der Waals surface area contributed by atoms with Crippen LogP contribution in [0.25, 0.3) is 0 Å². The first-order valence-electron chi connectivity index (χ1n) is 6.20. The summed E-state index contributed by atoms with van der Waals surface area (Å²) in [5.74, 6) is 0.0871. The summed E-state index contributed by atoms with van der Waals surface area (Å²) in [6.45, 7) is 2.87. The number of thiophene rings is 1. The topological polar surface area (TPSA) is 40.5 Å². The SMILES string of the molecule is Cc1ccc(C(=O)N2CCCCCC2CO)s1. The van der Waals surface area contributed by atoms with Gasteiger partial charge in [-0.25, -0.2) is 0 Å². The van der Waals surface area contributed by atoms with Gasteiger partial charge in [0.25, 0.3) is 5.91 Å². The van der Waals surface area contributed by atoms with E-state index in [2.05, 4.69) is 0 Å². The second-order valence-electron chi connectivity index (χ2n) is 4.59. The average Bonchev–Trinajstić information content (AvgIpc) is 2.64. The average molecular weight is 253 g/mol. The maximum absolute atomic E-state index is 12.4. The molecule has 1 aromatic rings. The summed E-state index contributed by atoms with van der Waals surface area (Å²) < 4.78 is 0. The van der Waals surface area contributed by atoms with Gasteiger partial charge >= 0.3 is 0 Å². The second-order valence-corrected chi connectivity index (χ2v) is 5.88. The number of aryl methyl sites for hydroxylation is 1. The van der Waals surface area contributed by atoms with Crippen LogP contribution in [-0.2, 0) is 0 Å². The zero-order valence-electron chi connectivity index (χ0n) is 10.2. The van der Waals surface area contributed by atoms with Crippen molar-refractivity contribution in [1.82, 2.24) is 4.90 Å². The van der Waals surface area contributed by atoms with Crippen molar-refractivity contribution in [3.05, 3.63) is 21.9 Å². The van der Waals surface area contributed by atoms with Crippen LogP contribution >= 0.6 is 11.3 Å². The quantitative estimate of drug-likeness (QED) is 0.879. The largest absolute Gasteiger partial charge is 0.394 e. The summed E-state index contributed by atoms with van der Waals surface area (Å²) in [6, 6.07) is 3.87. The lowest BCUT2D eigenvalue weighted by Gasteiger charge is -2.28. The monoisotopic (exact) mass is 253 g/mol. The van der Waals surface area contributed by atoms with Crippen molar-refractivity contribution < 1.29 is 9.90 Å². The lowest BCUT2D eigenvalue weighted by Crippen LogP contribution is -2.41. The molecule has 3 nitrogen and oxygen atoms in total. The van der Waals surface area contributed by atoms with Crippen LogP contribution in [0.4, 0.5) is 0 Å². The van der Waals surface area contributed by atoms with Crippen molar-refractivity contribution in [3.63, 3.8) is 0 Å². The van der Waals surface area contributed by atoms with E-state index in [1.807, 2.05) is 24.0 Å². The number of hydrogen-bond donors (Lipinski definition) is 1. The van der Waals surface area contributed by atoms with Crippen LogP contribution in [0.15, 0.2) is 12.1 Å². The van der Waals surface area contributed by atoms with Gasteiger partial charge in [0, 0.05) is 11.4 Å². The summed E-state index contributed by atoms with van der Waals surface area (Å²) in [5, 5.41) is 9.40. The fourth-order valence-electron chi connectivity index (χ4n) is 2.33. The van der Waals surface area contributed by atoms with Crippen LogP contribution in [0.3, 0.4) is 0 Å². The number of hydrogen-bond acceptors (Lipinski definition) is 3. The molecule has 1 fully saturated rings. The highest BCUT2D eigenvalue weighted by Gasteiger charge is 2.26. The summed E-state index contributed by atoms with van der Waals surface area (Å²) in [4.78, 5) is 16.2. The van der Waals surface area contributed by atoms with E-state index in [4.69, 9.17) is 0 Å². The molecule has 94 valence electrons. The molecule has 0 spiro atoms. The number of aliphatic hydroxyl groups excluding tert-OH is 1. The summed E-state index contributed by atoms with van der Waals surface area (Å²) in [5.41, 5.74) is 0. The Balaban J connectivity index is 2.15. The van der Waals surface area contributed by atoms with Gasteiger partial charge in [0.15, 0.2) is 0 Å². The van der Waals surface area contributed by atoms with Gasteiger partial charge in [0.2, 0.25) is 0 Å². The Morgan fingerprint density at radius 1 is 1.47 bits per heavy atom. The molecule has 0 saturated carbocycles. The molecule has 2 rings (SSSR count). The third-order valence-electron chi connectivity index (χ3n) is 3.30. The van der Waals surface area contributed by atoms with Crippen molar-refractivity contribution in [2.45, 2.75) is 38.6 Å². The minimum absolute atomic E-state index is 0.00686. The molecule has 0 aliphatic carbocycles. The molecule has 1 N–H and O–H groups in total. The van der Waals surface area contributed by atoms with Crippen LogP contribution in [0.2, 0.25) is 0 Å². The van der Waals surface area contributed by atoms with Crippen LogP contribution in [0.1, 0.15) is 40.2 Å². The fraction of sp³-hybridized carbons (Fsp3) is 0.615. The van der Waals surface area contributed by atoms with Crippen molar-refractivity contribution in [2.24, 2.45) is 0 Å². The van der Waals surface area contributed by atoms with Crippen LogP contribution < -0.4 is 0 Å². The molecule has 17 heavy (non-hydrogen) atoms. The molecular weight excluding hydrogens is 234 g/mol. The van der Waals surface area contributed by atoms with Crippen LogP contribution in [0.5, 0.6) is 0 Å². The molecule has 0 aromatic carbocycles. The van der Waals surface area contributed by atoms with Gasteiger partial charge in [0.1, 0.15) is 0 Å². The molecule has 0 radical (unpaired) electrons. The fourth-order valence-corrected chi connectivity index (χ4v) is 3.15. The van der Waals surface area contributed by atoms with Gasteiger partial charge in [-0.15, -0.1) is 11.3 Å². The molecule has 1 aromatic heterocycles. The van der Waals surface area contributed by atoms with E-state index in [9.17, 15) is 9.90 Å². The van der Waals surface area contributed by atoms with Crippen molar-refractivity contribution in [3.8, 4) is 0 Å². The lowest BCUT2D eigenvalue weighted by atomic mass is 10.1. The number of carbonyl (C=O) groups excluding carboxylic acids is 1. The molecule has 1 aliphatic heterocycles. The summed E-state index contributed by atoms with van der Waals surface area (Å²) in [6.07, 6.45) is 4.24. The Labute approximate surface area is 106 Å².